The van der Waals surface area contributed by atoms with Crippen LogP contribution in [-0.2, 0) is 5.41 Å². The number of hydrogen-bond acceptors (Lipinski definition) is 0. The van der Waals surface area contributed by atoms with Gasteiger partial charge in [0.2, 0.25) is 0 Å². The third-order valence-electron chi connectivity index (χ3n) is 4.56. The Kier molecular flexibility index (Phi) is 5.55. The Morgan fingerprint density at radius 3 is 1.22 bits per heavy atom. The first-order valence-electron chi connectivity index (χ1n) is 8.24. The molecule has 0 heterocycles. The molecule has 0 unspecified atom stereocenters. The molecule has 23 heavy (non-hydrogen) atoms. The van der Waals surface area contributed by atoms with Crippen molar-refractivity contribution in [2.45, 2.75) is 22.7 Å². The second kappa shape index (κ2) is 7.83. The van der Waals surface area contributed by atoms with Crippen LogP contribution in [0.2, 0.25) is 4.44 Å². The molecule has 0 aliphatic rings. The minimum atomic E-state index is -0.0489. The van der Waals surface area contributed by atoms with Crippen LogP contribution in [0.25, 0.3) is 0 Å². The van der Waals surface area contributed by atoms with Crippen molar-refractivity contribution in [3.8, 4) is 0 Å². The molecule has 1 heteroatoms. The molecule has 0 saturated carbocycles. The molecule has 0 fully saturated rings. The zero-order chi connectivity index (χ0) is 16.0. The van der Waals surface area contributed by atoms with E-state index in [2.05, 4.69) is 91.0 Å². The monoisotopic (exact) mass is 406 g/mol. The molecule has 0 N–H and O–H groups in total. The van der Waals surface area contributed by atoms with Crippen molar-refractivity contribution in [1.29, 1.82) is 0 Å². The molecule has 3 aromatic carbocycles. The summed E-state index contributed by atoms with van der Waals surface area (Å²) in [5.74, 6) is 0. The summed E-state index contributed by atoms with van der Waals surface area (Å²) in [6.07, 6.45) is 2.42. The van der Waals surface area contributed by atoms with Gasteiger partial charge in [-0.25, -0.2) is 0 Å². The molecule has 3 aromatic rings. The molecule has 0 saturated heterocycles. The van der Waals surface area contributed by atoms with Crippen LogP contribution in [0.3, 0.4) is 0 Å². The topological polar surface area (TPSA) is 0 Å². The van der Waals surface area contributed by atoms with Gasteiger partial charge in [0.25, 0.3) is 0 Å². The van der Waals surface area contributed by atoms with E-state index in [4.69, 9.17) is 0 Å². The van der Waals surface area contributed by atoms with Crippen molar-refractivity contribution >= 4 is 22.5 Å². The van der Waals surface area contributed by atoms with Crippen molar-refractivity contribution in [2.75, 3.05) is 0 Å². The molecule has 0 bridgehead atoms. The van der Waals surface area contributed by atoms with Crippen molar-refractivity contribution < 1.29 is 0 Å². The van der Waals surface area contributed by atoms with Crippen LogP contribution in [0.4, 0.5) is 0 Å². The second-order valence-electron chi connectivity index (χ2n) is 5.90. The van der Waals surface area contributed by atoms with E-state index in [-0.39, 0.29) is 5.41 Å². The molecule has 0 amide bonds. The molecule has 114 valence electrons. The maximum atomic E-state index is 2.28. The molecule has 2 radical (unpaired) electrons. The SMILES string of the molecule is [SnH][CH2]CCC(c1ccccc1)(c1ccccc1)c1ccccc1. The normalized spacial score (nSPS) is 11.3. The summed E-state index contributed by atoms with van der Waals surface area (Å²) in [6, 6.07) is 33.0. The fourth-order valence-corrected chi connectivity index (χ4v) is 4.05. The second-order valence-corrected chi connectivity index (χ2v) is 7.54. The van der Waals surface area contributed by atoms with E-state index in [1.54, 1.807) is 0 Å². The Morgan fingerprint density at radius 2 is 0.913 bits per heavy atom. The van der Waals surface area contributed by atoms with E-state index >= 15 is 0 Å². The first-order chi connectivity index (χ1) is 11.4. The van der Waals surface area contributed by atoms with Crippen molar-refractivity contribution in [1.82, 2.24) is 0 Å². The van der Waals surface area contributed by atoms with Crippen LogP contribution >= 0.6 is 0 Å². The van der Waals surface area contributed by atoms with Crippen molar-refractivity contribution in [3.63, 3.8) is 0 Å². The molecule has 0 aromatic heterocycles. The van der Waals surface area contributed by atoms with E-state index in [1.165, 1.54) is 50.1 Å². The summed E-state index contributed by atoms with van der Waals surface area (Å²) in [6.45, 7) is 0. The quantitative estimate of drug-likeness (QED) is 0.395. The van der Waals surface area contributed by atoms with Crippen LogP contribution in [0.15, 0.2) is 91.0 Å². The molecule has 0 aliphatic carbocycles. The molecule has 0 nitrogen and oxygen atoms in total. The first-order valence-corrected chi connectivity index (χ1v) is 10.6. The van der Waals surface area contributed by atoms with E-state index in [0.29, 0.717) is 0 Å². The van der Waals surface area contributed by atoms with Crippen LogP contribution < -0.4 is 0 Å². The molecule has 0 spiro atoms. The third kappa shape index (κ3) is 3.37. The summed E-state index contributed by atoms with van der Waals surface area (Å²) >= 11 is 1.33. The average Bonchev–Trinajstić information content (AvgIpc) is 2.65. The predicted molar refractivity (Wildman–Crippen MR) is 100 cm³/mol. The Labute approximate surface area is 152 Å². The van der Waals surface area contributed by atoms with Gasteiger partial charge < -0.3 is 0 Å². The van der Waals surface area contributed by atoms with Gasteiger partial charge >= 0.3 is 153 Å². The summed E-state index contributed by atoms with van der Waals surface area (Å²) < 4.78 is 1.33. The van der Waals surface area contributed by atoms with Crippen LogP contribution in [0.1, 0.15) is 29.5 Å². The predicted octanol–water partition coefficient (Wildman–Crippen LogP) is 5.12. The summed E-state index contributed by atoms with van der Waals surface area (Å²) in [7, 11) is 0. The van der Waals surface area contributed by atoms with E-state index in [0.717, 1.165) is 6.42 Å². The fourth-order valence-electron chi connectivity index (χ4n) is 3.47. The number of rotatable bonds is 6. The molecule has 0 atom stereocenters. The van der Waals surface area contributed by atoms with E-state index in [1.807, 2.05) is 0 Å². The number of benzene rings is 3. The Morgan fingerprint density at radius 1 is 0.565 bits per heavy atom. The first kappa shape index (κ1) is 16.3. The summed E-state index contributed by atoms with van der Waals surface area (Å²) in [4.78, 5) is 0. The van der Waals surface area contributed by atoms with Gasteiger partial charge in [0, 0.05) is 0 Å². The van der Waals surface area contributed by atoms with Gasteiger partial charge in [0.05, 0.1) is 0 Å². The van der Waals surface area contributed by atoms with Gasteiger partial charge in [-0.15, -0.1) is 0 Å². The molecule has 3 rings (SSSR count). The van der Waals surface area contributed by atoms with Crippen LogP contribution in [0.5, 0.6) is 0 Å². The van der Waals surface area contributed by atoms with Gasteiger partial charge in [-0.05, 0) is 0 Å². The Balaban J connectivity index is 2.25. The minimum absolute atomic E-state index is 0.0489. The zero-order valence-electron chi connectivity index (χ0n) is 13.4. The van der Waals surface area contributed by atoms with Gasteiger partial charge in [0.1, 0.15) is 0 Å². The van der Waals surface area contributed by atoms with Gasteiger partial charge in [-0.2, -0.15) is 0 Å². The van der Waals surface area contributed by atoms with Crippen molar-refractivity contribution in [3.05, 3.63) is 108 Å². The Hall–Kier alpha value is -1.54. The van der Waals surface area contributed by atoms with Gasteiger partial charge in [0.15, 0.2) is 0 Å². The summed E-state index contributed by atoms with van der Waals surface area (Å²) in [5.41, 5.74) is 4.14. The van der Waals surface area contributed by atoms with E-state index < -0.39 is 0 Å². The standard InChI is InChI=1S/C22H21.Sn.H/c1-2-18-22(19-12-6-3-7-13-19,20-14-8-4-9-15-20)21-16-10-5-11-17-21;;/h3-17H,1-2,18H2;;. The maximum absolute atomic E-state index is 2.28. The average molecular weight is 405 g/mol. The molecule has 0 aliphatic heterocycles. The Bertz CT molecular complexity index is 608. The number of hydrogen-bond donors (Lipinski definition) is 0. The van der Waals surface area contributed by atoms with Crippen LogP contribution in [0, 0.1) is 0 Å². The van der Waals surface area contributed by atoms with Gasteiger partial charge in [-0.1, -0.05) is 0 Å². The third-order valence-corrected chi connectivity index (χ3v) is 5.72. The van der Waals surface area contributed by atoms with Gasteiger partial charge in [-0.3, -0.25) is 0 Å². The summed E-state index contributed by atoms with van der Waals surface area (Å²) in [5, 5.41) is 0. The molecular weight excluding hydrogens is 383 g/mol. The fraction of sp³-hybridized carbons (Fsp3) is 0.182. The van der Waals surface area contributed by atoms with Crippen molar-refractivity contribution in [2.24, 2.45) is 0 Å². The molecular formula is C22H22Sn. The van der Waals surface area contributed by atoms with E-state index in [9.17, 15) is 0 Å². The van der Waals surface area contributed by atoms with Crippen LogP contribution in [-0.4, -0.2) is 22.5 Å². The zero-order valence-corrected chi connectivity index (χ0v) is 16.7.